The molecule has 0 radical (unpaired) electrons. The van der Waals surface area contributed by atoms with Crippen LogP contribution in [0.1, 0.15) is 18.3 Å². The van der Waals surface area contributed by atoms with Crippen LogP contribution in [0, 0.1) is 0 Å². The number of para-hydroxylation sites is 1. The number of halogens is 1. The van der Waals surface area contributed by atoms with Crippen LogP contribution in [0.2, 0.25) is 0 Å². The molecule has 0 aliphatic rings. The summed E-state index contributed by atoms with van der Waals surface area (Å²) in [4.78, 5) is 0. The number of benzene rings is 2. The summed E-state index contributed by atoms with van der Waals surface area (Å²) in [6.45, 7) is 1.96. The zero-order chi connectivity index (χ0) is 16.8. The molecule has 0 fully saturated rings. The van der Waals surface area contributed by atoms with E-state index in [4.69, 9.17) is 10.6 Å². The van der Waals surface area contributed by atoms with Gasteiger partial charge in [-0.3, -0.25) is 0 Å². The Labute approximate surface area is 151 Å². The number of hydrazone groups is 1. The van der Waals surface area contributed by atoms with E-state index >= 15 is 0 Å². The largest absolute Gasteiger partial charge is 1.00 e. The number of aromatic nitrogens is 3. The molecule has 3 N–H and O–H groups in total. The van der Waals surface area contributed by atoms with Crippen molar-refractivity contribution in [3.05, 3.63) is 66.0 Å². The molecule has 0 atom stereocenters. The van der Waals surface area contributed by atoms with Crippen LogP contribution in [0.3, 0.4) is 0 Å². The quantitative estimate of drug-likeness (QED) is 0.362. The third kappa shape index (κ3) is 4.71. The highest BCUT2D eigenvalue weighted by molar-refractivity contribution is 5.80. The molecule has 1 heterocycles. The number of hydrogen-bond donors (Lipinski definition) is 2. The average Bonchev–Trinajstić information content (AvgIpc) is 2.96. The molecule has 25 heavy (non-hydrogen) atoms. The van der Waals surface area contributed by atoms with Gasteiger partial charge < -0.3 is 23.0 Å². The van der Waals surface area contributed by atoms with Gasteiger partial charge >= 0.3 is 0 Å². The lowest BCUT2D eigenvalue weighted by atomic mass is 10.2. The Balaban J connectivity index is 0.00000225. The number of nitrogens with zero attached hydrogens (tertiary/aromatic N) is 4. The first-order chi connectivity index (χ1) is 11.8. The Morgan fingerprint density at radius 3 is 2.60 bits per heavy atom. The van der Waals surface area contributed by atoms with Gasteiger partial charge in [0.15, 0.2) is 5.82 Å². The average molecular weight is 358 g/mol. The van der Waals surface area contributed by atoms with Crippen molar-refractivity contribution in [2.45, 2.75) is 13.3 Å². The van der Waals surface area contributed by atoms with Crippen molar-refractivity contribution in [2.24, 2.45) is 5.10 Å². The molecule has 0 saturated carbocycles. The van der Waals surface area contributed by atoms with Crippen molar-refractivity contribution in [3.8, 4) is 11.5 Å². The van der Waals surface area contributed by atoms with E-state index in [1.54, 1.807) is 6.21 Å². The van der Waals surface area contributed by atoms with Crippen molar-refractivity contribution >= 4 is 12.2 Å². The summed E-state index contributed by atoms with van der Waals surface area (Å²) in [5, 5.41) is 12.0. The van der Waals surface area contributed by atoms with Crippen LogP contribution >= 0.6 is 0 Å². The summed E-state index contributed by atoms with van der Waals surface area (Å²) < 4.78 is 7.17. The molecule has 3 rings (SSSR count). The molecule has 1 aromatic heterocycles. The van der Waals surface area contributed by atoms with Crippen molar-refractivity contribution < 1.29 is 17.1 Å². The van der Waals surface area contributed by atoms with Crippen LogP contribution in [-0.2, 0) is 6.42 Å². The first kappa shape index (κ1) is 18.3. The number of nitrogen functional groups attached to an aromatic ring is 1. The smallest absolute Gasteiger partial charge is 0.263 e. The van der Waals surface area contributed by atoms with Crippen LogP contribution < -0.4 is 28.4 Å². The van der Waals surface area contributed by atoms with E-state index in [0.29, 0.717) is 18.2 Å². The second-order valence-electron chi connectivity index (χ2n) is 5.02. The Hall–Kier alpha value is -3.06. The van der Waals surface area contributed by atoms with Gasteiger partial charge in [-0.05, 0) is 29.8 Å². The number of ether oxygens (including phenoxy) is 1. The molecule has 2 aromatic carbocycles. The number of hydrogen-bond acceptors (Lipinski definition) is 6. The van der Waals surface area contributed by atoms with E-state index in [9.17, 15) is 0 Å². The number of nitrogens with two attached hydrogens (primary N) is 1. The van der Waals surface area contributed by atoms with Crippen LogP contribution in [0.15, 0.2) is 59.7 Å². The van der Waals surface area contributed by atoms with Crippen molar-refractivity contribution in [2.75, 3.05) is 11.3 Å². The van der Waals surface area contributed by atoms with E-state index in [1.807, 2.05) is 61.5 Å². The Kier molecular flexibility index (Phi) is 6.36. The fourth-order valence-corrected chi connectivity index (χ4v) is 2.09. The van der Waals surface area contributed by atoms with Gasteiger partial charge in [0.1, 0.15) is 11.5 Å². The molecule has 3 aromatic rings. The van der Waals surface area contributed by atoms with Gasteiger partial charge in [-0.25, -0.2) is 10.1 Å². The molecule has 130 valence electrons. The standard InChI is InChI=1S/C17H18N6O.ClH/c1-2-16-20-22-17(23(16)18)21-19-12-13-7-6-10-15(11-13)24-14-8-4-3-5-9-14;/h3-12H,2,18H2,1H3,(H,21,22);1H/p-1/b19-12-;. The predicted molar refractivity (Wildman–Crippen MR) is 93.7 cm³/mol. The summed E-state index contributed by atoms with van der Waals surface area (Å²) in [5.41, 5.74) is 3.66. The number of rotatable bonds is 6. The highest BCUT2D eigenvalue weighted by Crippen LogP contribution is 2.21. The second kappa shape index (κ2) is 8.70. The first-order valence-electron chi connectivity index (χ1n) is 7.57. The van der Waals surface area contributed by atoms with E-state index in [-0.39, 0.29) is 12.4 Å². The van der Waals surface area contributed by atoms with Crippen LogP contribution in [-0.4, -0.2) is 21.1 Å². The topological polar surface area (TPSA) is 90.4 Å². The van der Waals surface area contributed by atoms with Crippen molar-refractivity contribution in [1.82, 2.24) is 14.9 Å². The van der Waals surface area contributed by atoms with Gasteiger partial charge in [0.05, 0.1) is 6.21 Å². The molecule has 0 bridgehead atoms. The lowest BCUT2D eigenvalue weighted by Gasteiger charge is -2.05. The third-order valence-electron chi connectivity index (χ3n) is 3.30. The highest BCUT2D eigenvalue weighted by Gasteiger charge is 2.05. The van der Waals surface area contributed by atoms with Gasteiger partial charge in [-0.1, -0.05) is 37.3 Å². The molecule has 0 unspecified atom stereocenters. The normalized spacial score (nSPS) is 10.4. The summed E-state index contributed by atoms with van der Waals surface area (Å²) in [6, 6.07) is 17.2. The Morgan fingerprint density at radius 1 is 1.12 bits per heavy atom. The zero-order valence-corrected chi connectivity index (χ0v) is 14.4. The summed E-state index contributed by atoms with van der Waals surface area (Å²) in [7, 11) is 0. The lowest BCUT2D eigenvalue weighted by molar-refractivity contribution is -0.00000553. The lowest BCUT2D eigenvalue weighted by Crippen LogP contribution is -3.00. The summed E-state index contributed by atoms with van der Waals surface area (Å²) in [5.74, 6) is 8.44. The van der Waals surface area contributed by atoms with E-state index in [0.717, 1.165) is 17.1 Å². The number of nitrogens with one attached hydrogen (secondary N) is 1. The fourth-order valence-electron chi connectivity index (χ4n) is 2.09. The minimum Gasteiger partial charge on any atom is -1.00 e. The number of anilines is 1. The minimum absolute atomic E-state index is 0. The molecule has 8 heteroatoms. The maximum Gasteiger partial charge on any atom is 0.263 e. The highest BCUT2D eigenvalue weighted by atomic mass is 35.5. The third-order valence-corrected chi connectivity index (χ3v) is 3.30. The van der Waals surface area contributed by atoms with Gasteiger partial charge in [0, 0.05) is 6.42 Å². The van der Waals surface area contributed by atoms with E-state index in [1.165, 1.54) is 4.68 Å². The van der Waals surface area contributed by atoms with Crippen LogP contribution in [0.25, 0.3) is 0 Å². The van der Waals surface area contributed by atoms with Gasteiger partial charge in [-0.15, -0.1) is 10.2 Å². The molecule has 0 aliphatic carbocycles. The SMILES string of the molecule is CCc1nnc(N/N=C\c2cccc(Oc3ccccc3)c2)n1N.[Cl-]. The van der Waals surface area contributed by atoms with Gasteiger partial charge in [0.25, 0.3) is 5.95 Å². The van der Waals surface area contributed by atoms with Crippen LogP contribution in [0.4, 0.5) is 5.95 Å². The monoisotopic (exact) mass is 357 g/mol. The maximum atomic E-state index is 5.84. The molecular weight excluding hydrogens is 340 g/mol. The van der Waals surface area contributed by atoms with Crippen molar-refractivity contribution in [1.29, 1.82) is 0 Å². The molecule has 0 spiro atoms. The van der Waals surface area contributed by atoms with Crippen molar-refractivity contribution in [3.63, 3.8) is 0 Å². The molecule has 0 amide bonds. The van der Waals surface area contributed by atoms with Crippen LogP contribution in [0.5, 0.6) is 11.5 Å². The Morgan fingerprint density at radius 2 is 1.88 bits per heavy atom. The summed E-state index contributed by atoms with van der Waals surface area (Å²) in [6.07, 6.45) is 2.37. The Bertz CT molecular complexity index is 834. The number of aryl methyl sites for hydroxylation is 1. The minimum atomic E-state index is 0. The van der Waals surface area contributed by atoms with E-state index in [2.05, 4.69) is 20.7 Å². The predicted octanol–water partition coefficient (Wildman–Crippen LogP) is -0.203. The molecular formula is C17H18ClN6O-. The summed E-state index contributed by atoms with van der Waals surface area (Å²) >= 11 is 0. The molecule has 0 aliphatic heterocycles. The van der Waals surface area contributed by atoms with Gasteiger partial charge in [0.2, 0.25) is 0 Å². The van der Waals surface area contributed by atoms with Gasteiger partial charge in [-0.2, -0.15) is 5.10 Å². The van der Waals surface area contributed by atoms with E-state index < -0.39 is 0 Å². The maximum absolute atomic E-state index is 5.84. The molecule has 7 nitrogen and oxygen atoms in total. The first-order valence-corrected chi connectivity index (χ1v) is 7.57. The molecule has 0 saturated heterocycles. The fraction of sp³-hybridized carbons (Fsp3) is 0.118. The second-order valence-corrected chi connectivity index (χ2v) is 5.02. The zero-order valence-electron chi connectivity index (χ0n) is 13.6.